The topological polar surface area (TPSA) is 57.2 Å². The van der Waals surface area contributed by atoms with Crippen molar-refractivity contribution in [2.24, 2.45) is 0 Å². The number of nitrogens with zero attached hydrogens (tertiary/aromatic N) is 5. The van der Waals surface area contributed by atoms with Crippen LogP contribution in [0.4, 0.5) is 17.8 Å². The molecule has 1 aliphatic carbocycles. The van der Waals surface area contributed by atoms with Crippen molar-refractivity contribution in [3.05, 3.63) is 35.4 Å². The van der Waals surface area contributed by atoms with Gasteiger partial charge in [-0.15, -0.1) is 0 Å². The number of hydrogen-bond donors (Lipinski definition) is 1. The van der Waals surface area contributed by atoms with Gasteiger partial charge in [0.25, 0.3) is 0 Å². The zero-order valence-corrected chi connectivity index (χ0v) is 17.9. The first-order valence-electron chi connectivity index (χ1n) is 11.4. The Kier molecular flexibility index (Phi) is 6.47. The van der Waals surface area contributed by atoms with Crippen molar-refractivity contribution >= 4 is 17.8 Å². The molecule has 1 saturated heterocycles. The molecule has 0 amide bonds. The van der Waals surface area contributed by atoms with Crippen molar-refractivity contribution in [2.45, 2.75) is 64.8 Å². The van der Waals surface area contributed by atoms with E-state index < -0.39 is 0 Å². The third kappa shape index (κ3) is 4.62. The number of aryl methyl sites for hydroxylation is 1. The summed E-state index contributed by atoms with van der Waals surface area (Å²) in [5.41, 5.74) is 2.82. The highest BCUT2D eigenvalue weighted by Gasteiger charge is 2.24. The molecular weight excluding hydrogens is 360 g/mol. The van der Waals surface area contributed by atoms with Crippen molar-refractivity contribution in [3.8, 4) is 0 Å². The SMILES string of the molecule is CCCN(CCC)c1nc(NC2CCc3ccccc32)nc(N2CCCCC2)n1. The lowest BCUT2D eigenvalue weighted by molar-refractivity contribution is 0.566. The first-order valence-corrected chi connectivity index (χ1v) is 11.4. The van der Waals surface area contributed by atoms with E-state index in [1.807, 2.05) is 0 Å². The number of hydrogen-bond acceptors (Lipinski definition) is 6. The molecule has 0 spiro atoms. The highest BCUT2D eigenvalue weighted by Crippen LogP contribution is 2.33. The molecule has 1 N–H and O–H groups in total. The number of piperidine rings is 1. The van der Waals surface area contributed by atoms with Gasteiger partial charge in [-0.05, 0) is 56.1 Å². The third-order valence-corrected chi connectivity index (χ3v) is 5.96. The molecule has 1 unspecified atom stereocenters. The summed E-state index contributed by atoms with van der Waals surface area (Å²) in [5, 5.41) is 3.64. The van der Waals surface area contributed by atoms with Gasteiger partial charge in [-0.1, -0.05) is 38.1 Å². The van der Waals surface area contributed by atoms with E-state index in [2.05, 4.69) is 53.2 Å². The Morgan fingerprint density at radius 1 is 1.00 bits per heavy atom. The van der Waals surface area contributed by atoms with E-state index >= 15 is 0 Å². The number of anilines is 3. The maximum atomic E-state index is 4.90. The molecular formula is C23H34N6. The third-order valence-electron chi connectivity index (χ3n) is 5.96. The predicted molar refractivity (Wildman–Crippen MR) is 120 cm³/mol. The molecule has 29 heavy (non-hydrogen) atoms. The molecule has 156 valence electrons. The van der Waals surface area contributed by atoms with Crippen LogP contribution in [0.5, 0.6) is 0 Å². The second-order valence-corrected chi connectivity index (χ2v) is 8.23. The Morgan fingerprint density at radius 2 is 1.76 bits per heavy atom. The van der Waals surface area contributed by atoms with Crippen LogP contribution in [0.3, 0.4) is 0 Å². The van der Waals surface area contributed by atoms with E-state index in [0.29, 0.717) is 0 Å². The summed E-state index contributed by atoms with van der Waals surface area (Å²) < 4.78 is 0. The molecule has 2 aliphatic rings. The summed E-state index contributed by atoms with van der Waals surface area (Å²) >= 11 is 0. The minimum Gasteiger partial charge on any atom is -0.347 e. The average Bonchev–Trinajstić information content (AvgIpc) is 3.17. The van der Waals surface area contributed by atoms with Crippen LogP contribution in [0.2, 0.25) is 0 Å². The van der Waals surface area contributed by atoms with Crippen molar-refractivity contribution in [1.29, 1.82) is 0 Å². The molecule has 1 aromatic carbocycles. The van der Waals surface area contributed by atoms with E-state index in [0.717, 1.165) is 69.7 Å². The van der Waals surface area contributed by atoms with Crippen molar-refractivity contribution in [1.82, 2.24) is 15.0 Å². The molecule has 2 heterocycles. The van der Waals surface area contributed by atoms with Crippen LogP contribution in [-0.2, 0) is 6.42 Å². The fourth-order valence-corrected chi connectivity index (χ4v) is 4.51. The highest BCUT2D eigenvalue weighted by atomic mass is 15.4. The van der Waals surface area contributed by atoms with Crippen LogP contribution in [0.15, 0.2) is 24.3 Å². The fourth-order valence-electron chi connectivity index (χ4n) is 4.51. The van der Waals surface area contributed by atoms with Crippen LogP contribution in [0.25, 0.3) is 0 Å². The van der Waals surface area contributed by atoms with E-state index in [9.17, 15) is 0 Å². The normalized spacial score (nSPS) is 18.6. The molecule has 0 saturated carbocycles. The maximum Gasteiger partial charge on any atom is 0.231 e. The van der Waals surface area contributed by atoms with Crippen LogP contribution in [-0.4, -0.2) is 41.1 Å². The molecule has 1 atom stereocenters. The predicted octanol–water partition coefficient (Wildman–Crippen LogP) is 4.59. The number of rotatable bonds is 8. The van der Waals surface area contributed by atoms with Gasteiger partial charge in [0.15, 0.2) is 0 Å². The quantitative estimate of drug-likeness (QED) is 0.707. The Labute approximate surface area is 174 Å². The second kappa shape index (κ2) is 9.42. The Hall–Kier alpha value is -2.37. The zero-order chi connectivity index (χ0) is 20.1. The van der Waals surface area contributed by atoms with Gasteiger partial charge in [0, 0.05) is 26.2 Å². The zero-order valence-electron chi connectivity index (χ0n) is 17.9. The summed E-state index contributed by atoms with van der Waals surface area (Å²) in [6, 6.07) is 9.00. The van der Waals surface area contributed by atoms with E-state index in [1.165, 1.54) is 30.4 Å². The molecule has 1 aliphatic heterocycles. The number of nitrogens with one attached hydrogen (secondary N) is 1. The summed E-state index contributed by atoms with van der Waals surface area (Å²) in [5.74, 6) is 2.37. The van der Waals surface area contributed by atoms with E-state index in [1.54, 1.807) is 0 Å². The molecule has 0 radical (unpaired) electrons. The summed E-state index contributed by atoms with van der Waals surface area (Å²) in [6.07, 6.45) is 8.11. The maximum absolute atomic E-state index is 4.90. The first-order chi connectivity index (χ1) is 14.3. The van der Waals surface area contributed by atoms with Gasteiger partial charge in [-0.2, -0.15) is 15.0 Å². The van der Waals surface area contributed by atoms with Gasteiger partial charge in [0.05, 0.1) is 6.04 Å². The molecule has 0 bridgehead atoms. The number of aromatic nitrogens is 3. The Balaban J connectivity index is 1.63. The number of benzene rings is 1. The first kappa shape index (κ1) is 19.9. The van der Waals surface area contributed by atoms with Crippen LogP contribution in [0.1, 0.15) is 69.5 Å². The minimum absolute atomic E-state index is 0.279. The van der Waals surface area contributed by atoms with Crippen LogP contribution >= 0.6 is 0 Å². The molecule has 2 aromatic rings. The van der Waals surface area contributed by atoms with Crippen molar-refractivity contribution in [3.63, 3.8) is 0 Å². The van der Waals surface area contributed by atoms with Crippen molar-refractivity contribution < 1.29 is 0 Å². The summed E-state index contributed by atoms with van der Waals surface area (Å²) in [7, 11) is 0. The second-order valence-electron chi connectivity index (χ2n) is 8.23. The molecule has 6 heteroatoms. The standard InChI is InChI=1S/C23H34N6/c1-3-14-28(15-4-2)22-25-21(26-23(27-22)29-16-8-5-9-17-29)24-20-13-12-18-10-6-7-11-19(18)20/h6-7,10-11,20H,3-5,8-9,12-17H2,1-2H3,(H,24,25,26,27). The highest BCUT2D eigenvalue weighted by molar-refractivity contribution is 5.48. The molecule has 1 fully saturated rings. The van der Waals surface area contributed by atoms with E-state index in [4.69, 9.17) is 15.0 Å². The lowest BCUT2D eigenvalue weighted by atomic mass is 10.1. The lowest BCUT2D eigenvalue weighted by Crippen LogP contribution is -2.33. The van der Waals surface area contributed by atoms with Crippen molar-refractivity contribution in [2.75, 3.05) is 41.3 Å². The van der Waals surface area contributed by atoms with Gasteiger partial charge in [-0.3, -0.25) is 0 Å². The molecule has 1 aromatic heterocycles. The fraction of sp³-hybridized carbons (Fsp3) is 0.609. The Morgan fingerprint density at radius 3 is 2.52 bits per heavy atom. The average molecular weight is 395 g/mol. The molecule has 4 rings (SSSR count). The largest absolute Gasteiger partial charge is 0.347 e. The number of fused-ring (bicyclic) bond motifs is 1. The van der Waals surface area contributed by atoms with Gasteiger partial charge < -0.3 is 15.1 Å². The molecule has 6 nitrogen and oxygen atoms in total. The summed E-state index contributed by atoms with van der Waals surface area (Å²) in [4.78, 5) is 19.3. The summed E-state index contributed by atoms with van der Waals surface area (Å²) in [6.45, 7) is 8.45. The lowest BCUT2D eigenvalue weighted by Gasteiger charge is -2.29. The van der Waals surface area contributed by atoms with Gasteiger partial charge in [-0.25, -0.2) is 0 Å². The Bertz CT molecular complexity index is 796. The smallest absolute Gasteiger partial charge is 0.231 e. The van der Waals surface area contributed by atoms with E-state index in [-0.39, 0.29) is 6.04 Å². The van der Waals surface area contributed by atoms with Crippen LogP contribution < -0.4 is 15.1 Å². The monoisotopic (exact) mass is 394 g/mol. The van der Waals surface area contributed by atoms with Crippen LogP contribution in [0, 0.1) is 0 Å². The van der Waals surface area contributed by atoms with Gasteiger partial charge >= 0.3 is 0 Å². The minimum atomic E-state index is 0.279. The van der Waals surface area contributed by atoms with Gasteiger partial charge in [0.2, 0.25) is 17.8 Å². The van der Waals surface area contributed by atoms with Gasteiger partial charge in [0.1, 0.15) is 0 Å².